The van der Waals surface area contributed by atoms with Gasteiger partial charge in [0.15, 0.2) is 23.3 Å². The molecule has 0 aliphatic heterocycles. The van der Waals surface area contributed by atoms with Crippen molar-refractivity contribution in [3.63, 3.8) is 0 Å². The first-order chi connectivity index (χ1) is 16.2. The number of carbonyl (C=O) groups is 2. The van der Waals surface area contributed by atoms with Crippen molar-refractivity contribution in [2.45, 2.75) is 29.9 Å². The standard InChI is InChI=1S/C24H19ClF4N2O2S/c1-2-19(24(33)31-23-21(28)17(26)12-18(27)22(23)29)34-16-5-3-4-15(11-16)30-20(32)10-13-6-8-14(25)9-7-13/h3-9,11-12,19H,2,10H2,1H3,(H,30,32)(H,31,33). The Kier molecular flexibility index (Phi) is 8.57. The van der Waals surface area contributed by atoms with Crippen molar-refractivity contribution in [1.82, 2.24) is 0 Å². The van der Waals surface area contributed by atoms with E-state index in [-0.39, 0.29) is 24.8 Å². The van der Waals surface area contributed by atoms with Crippen LogP contribution >= 0.6 is 23.4 Å². The fraction of sp³-hybridized carbons (Fsp3) is 0.167. The Bertz CT molecular complexity index is 1180. The summed E-state index contributed by atoms with van der Waals surface area (Å²) in [5, 5.41) is 4.44. The molecule has 10 heteroatoms. The van der Waals surface area contributed by atoms with Gasteiger partial charge in [-0.05, 0) is 42.3 Å². The molecule has 0 saturated carbocycles. The second-order valence-electron chi connectivity index (χ2n) is 7.23. The third kappa shape index (κ3) is 6.51. The van der Waals surface area contributed by atoms with Crippen molar-refractivity contribution < 1.29 is 27.2 Å². The molecule has 0 aromatic heterocycles. The Morgan fingerprint density at radius 3 is 2.21 bits per heavy atom. The molecule has 3 aromatic rings. The molecule has 3 aromatic carbocycles. The molecule has 4 nitrogen and oxygen atoms in total. The molecule has 0 aliphatic carbocycles. The highest BCUT2D eigenvalue weighted by molar-refractivity contribution is 8.00. The van der Waals surface area contributed by atoms with Gasteiger partial charge in [0.2, 0.25) is 11.8 Å². The fourth-order valence-electron chi connectivity index (χ4n) is 3.01. The highest BCUT2D eigenvalue weighted by atomic mass is 35.5. The second kappa shape index (κ2) is 11.4. The molecule has 0 aliphatic rings. The number of amides is 2. The highest BCUT2D eigenvalue weighted by Crippen LogP contribution is 2.30. The van der Waals surface area contributed by atoms with E-state index >= 15 is 0 Å². The average molecular weight is 511 g/mol. The number of carbonyl (C=O) groups excluding carboxylic acids is 2. The Hall–Kier alpha value is -3.04. The zero-order valence-corrected chi connectivity index (χ0v) is 19.4. The summed E-state index contributed by atoms with van der Waals surface area (Å²) in [5.41, 5.74) is 0.0941. The lowest BCUT2D eigenvalue weighted by Crippen LogP contribution is -2.26. The van der Waals surface area contributed by atoms with Crippen LogP contribution < -0.4 is 10.6 Å². The van der Waals surface area contributed by atoms with Crippen LogP contribution in [0.4, 0.5) is 28.9 Å². The number of hydrogen-bond acceptors (Lipinski definition) is 3. The van der Waals surface area contributed by atoms with E-state index in [1.54, 1.807) is 55.5 Å². The predicted octanol–water partition coefficient (Wildman–Crippen LogP) is 6.59. The van der Waals surface area contributed by atoms with Gasteiger partial charge in [0.25, 0.3) is 0 Å². The van der Waals surface area contributed by atoms with Crippen LogP contribution in [0.2, 0.25) is 5.02 Å². The molecule has 2 N–H and O–H groups in total. The van der Waals surface area contributed by atoms with Crippen molar-refractivity contribution in [2.75, 3.05) is 10.6 Å². The molecule has 34 heavy (non-hydrogen) atoms. The Balaban J connectivity index is 1.67. The molecule has 1 unspecified atom stereocenters. The van der Waals surface area contributed by atoms with Crippen molar-refractivity contribution >= 4 is 46.6 Å². The minimum absolute atomic E-state index is 0.0686. The van der Waals surface area contributed by atoms with Gasteiger partial charge in [-0.25, -0.2) is 17.6 Å². The number of benzene rings is 3. The van der Waals surface area contributed by atoms with Gasteiger partial charge in [0.05, 0.1) is 11.7 Å². The van der Waals surface area contributed by atoms with Gasteiger partial charge in [0, 0.05) is 21.7 Å². The van der Waals surface area contributed by atoms with E-state index in [4.69, 9.17) is 11.6 Å². The van der Waals surface area contributed by atoms with E-state index < -0.39 is 40.1 Å². The molecule has 3 rings (SSSR count). The van der Waals surface area contributed by atoms with Gasteiger partial charge in [-0.3, -0.25) is 9.59 Å². The lowest BCUT2D eigenvalue weighted by atomic mass is 10.1. The maximum atomic E-state index is 13.9. The van der Waals surface area contributed by atoms with E-state index in [0.717, 1.165) is 17.3 Å². The smallest absolute Gasteiger partial charge is 0.238 e. The van der Waals surface area contributed by atoms with Gasteiger partial charge < -0.3 is 10.6 Å². The van der Waals surface area contributed by atoms with Gasteiger partial charge in [-0.2, -0.15) is 0 Å². The number of anilines is 2. The van der Waals surface area contributed by atoms with Crippen LogP contribution in [0.3, 0.4) is 0 Å². The van der Waals surface area contributed by atoms with Crippen molar-refractivity contribution in [1.29, 1.82) is 0 Å². The number of rotatable bonds is 8. The molecular weight excluding hydrogens is 492 g/mol. The molecule has 0 bridgehead atoms. The van der Waals surface area contributed by atoms with Gasteiger partial charge in [-0.1, -0.05) is 36.7 Å². The monoisotopic (exact) mass is 510 g/mol. The molecule has 0 heterocycles. The Morgan fingerprint density at radius 2 is 1.59 bits per heavy atom. The summed E-state index contributed by atoms with van der Waals surface area (Å²) in [6.07, 6.45) is 0.389. The quantitative estimate of drug-likeness (QED) is 0.204. The first-order valence-electron chi connectivity index (χ1n) is 10.1. The van der Waals surface area contributed by atoms with E-state index in [1.165, 1.54) is 0 Å². The molecule has 1 atom stereocenters. The Labute approximate surface area is 202 Å². The zero-order valence-electron chi connectivity index (χ0n) is 17.8. The van der Waals surface area contributed by atoms with Crippen LogP contribution in [0.25, 0.3) is 0 Å². The molecule has 0 radical (unpaired) electrons. The normalized spacial score (nSPS) is 11.7. The van der Waals surface area contributed by atoms with Crippen molar-refractivity contribution in [2.24, 2.45) is 0 Å². The lowest BCUT2D eigenvalue weighted by Gasteiger charge is -2.16. The highest BCUT2D eigenvalue weighted by Gasteiger charge is 2.25. The minimum atomic E-state index is -1.68. The molecule has 0 saturated heterocycles. The molecule has 0 fully saturated rings. The van der Waals surface area contributed by atoms with Crippen molar-refractivity contribution in [3.05, 3.63) is 88.5 Å². The second-order valence-corrected chi connectivity index (χ2v) is 8.94. The van der Waals surface area contributed by atoms with E-state index in [2.05, 4.69) is 5.32 Å². The third-order valence-electron chi connectivity index (χ3n) is 4.70. The minimum Gasteiger partial charge on any atom is -0.326 e. The summed E-state index contributed by atoms with van der Waals surface area (Å²) in [4.78, 5) is 25.5. The molecule has 0 spiro atoms. The topological polar surface area (TPSA) is 58.2 Å². The first-order valence-corrected chi connectivity index (χ1v) is 11.4. The molecular formula is C24H19ClF4N2O2S. The summed E-state index contributed by atoms with van der Waals surface area (Å²) in [5.74, 6) is -7.68. The summed E-state index contributed by atoms with van der Waals surface area (Å²) in [6.45, 7) is 1.67. The summed E-state index contributed by atoms with van der Waals surface area (Å²) >= 11 is 6.92. The average Bonchev–Trinajstić information content (AvgIpc) is 2.80. The SMILES string of the molecule is CCC(Sc1cccc(NC(=O)Cc2ccc(Cl)cc2)c1)C(=O)Nc1c(F)c(F)cc(F)c1F. The first kappa shape index (κ1) is 25.6. The summed E-state index contributed by atoms with van der Waals surface area (Å²) in [7, 11) is 0. The van der Waals surface area contributed by atoms with Crippen LogP contribution in [0.15, 0.2) is 59.5 Å². The number of thioether (sulfide) groups is 1. The van der Waals surface area contributed by atoms with E-state index in [1.807, 2.05) is 5.32 Å². The zero-order chi connectivity index (χ0) is 24.8. The Morgan fingerprint density at radius 1 is 0.941 bits per heavy atom. The van der Waals surface area contributed by atoms with E-state index in [9.17, 15) is 27.2 Å². The number of nitrogens with one attached hydrogen (secondary N) is 2. The number of hydrogen-bond donors (Lipinski definition) is 2. The van der Waals surface area contributed by atoms with Gasteiger partial charge in [0.1, 0.15) is 5.69 Å². The van der Waals surface area contributed by atoms with Crippen LogP contribution in [0, 0.1) is 23.3 Å². The maximum absolute atomic E-state index is 13.9. The summed E-state index contributed by atoms with van der Waals surface area (Å²) in [6, 6.07) is 13.6. The maximum Gasteiger partial charge on any atom is 0.238 e. The fourth-order valence-corrected chi connectivity index (χ4v) is 4.15. The molecule has 178 valence electrons. The third-order valence-corrected chi connectivity index (χ3v) is 6.31. The van der Waals surface area contributed by atoms with Crippen LogP contribution in [-0.4, -0.2) is 17.1 Å². The molecule has 2 amide bonds. The largest absolute Gasteiger partial charge is 0.326 e. The predicted molar refractivity (Wildman–Crippen MR) is 125 cm³/mol. The number of halogens is 5. The van der Waals surface area contributed by atoms with Crippen LogP contribution in [0.5, 0.6) is 0 Å². The van der Waals surface area contributed by atoms with Crippen LogP contribution in [0.1, 0.15) is 18.9 Å². The van der Waals surface area contributed by atoms with Crippen LogP contribution in [-0.2, 0) is 16.0 Å². The van der Waals surface area contributed by atoms with Crippen molar-refractivity contribution in [3.8, 4) is 0 Å². The van der Waals surface area contributed by atoms with Gasteiger partial charge >= 0.3 is 0 Å². The lowest BCUT2D eigenvalue weighted by molar-refractivity contribution is -0.116. The van der Waals surface area contributed by atoms with Gasteiger partial charge in [-0.15, -0.1) is 11.8 Å². The van der Waals surface area contributed by atoms with E-state index in [0.29, 0.717) is 15.6 Å². The summed E-state index contributed by atoms with van der Waals surface area (Å²) < 4.78 is 54.6.